The molecule has 11 heteroatoms. The second-order valence-corrected chi connectivity index (χ2v) is 7.82. The average Bonchev–Trinajstić information content (AvgIpc) is 2.54. The van der Waals surface area contributed by atoms with Crippen LogP contribution < -0.4 is 0 Å². The van der Waals surface area contributed by atoms with Crippen molar-refractivity contribution in [1.29, 1.82) is 0 Å². The third kappa shape index (κ3) is 4.72. The van der Waals surface area contributed by atoms with Gasteiger partial charge < -0.3 is 14.5 Å². The fourth-order valence-electron chi connectivity index (χ4n) is 2.10. The zero-order valence-corrected chi connectivity index (χ0v) is 15.5. The molecule has 2 aromatic carbocycles. The van der Waals surface area contributed by atoms with Crippen LogP contribution in [0.1, 0.15) is 16.7 Å². The Morgan fingerprint density at radius 2 is 1.77 bits per heavy atom. The molecular formula is C15H13BrF2NO6P. The molecule has 0 atom stereocenters. The summed E-state index contributed by atoms with van der Waals surface area (Å²) in [7, 11) is -5.66. The zero-order chi connectivity index (χ0) is 19.5. The monoisotopic (exact) mass is 451 g/mol. The van der Waals surface area contributed by atoms with E-state index in [0.29, 0.717) is 11.1 Å². The van der Waals surface area contributed by atoms with Gasteiger partial charge >= 0.3 is 13.3 Å². The van der Waals surface area contributed by atoms with Gasteiger partial charge in [0.15, 0.2) is 0 Å². The molecule has 0 aliphatic heterocycles. The first kappa shape index (κ1) is 20.6. The molecular weight excluding hydrogens is 439 g/mol. The van der Waals surface area contributed by atoms with Crippen molar-refractivity contribution in [2.75, 3.05) is 0 Å². The van der Waals surface area contributed by atoms with Crippen molar-refractivity contribution in [3.63, 3.8) is 0 Å². The van der Waals surface area contributed by atoms with Crippen LogP contribution in [-0.4, -0.2) is 14.7 Å². The van der Waals surface area contributed by atoms with Crippen LogP contribution in [0.2, 0.25) is 0 Å². The highest BCUT2D eigenvalue weighted by Gasteiger charge is 2.51. The van der Waals surface area contributed by atoms with Crippen molar-refractivity contribution in [3.8, 4) is 0 Å². The molecule has 0 heterocycles. The van der Waals surface area contributed by atoms with Crippen molar-refractivity contribution in [2.24, 2.45) is 0 Å². The van der Waals surface area contributed by atoms with Gasteiger partial charge in [-0.15, -0.1) is 0 Å². The molecule has 0 amide bonds. The van der Waals surface area contributed by atoms with Gasteiger partial charge in [0.2, 0.25) is 0 Å². The van der Waals surface area contributed by atoms with Crippen molar-refractivity contribution < 1.29 is 32.8 Å². The van der Waals surface area contributed by atoms with Gasteiger partial charge in [0.25, 0.3) is 5.69 Å². The van der Waals surface area contributed by atoms with E-state index in [1.807, 2.05) is 0 Å². The molecule has 0 aliphatic rings. The zero-order valence-electron chi connectivity index (χ0n) is 13.0. The summed E-state index contributed by atoms with van der Waals surface area (Å²) in [6.07, 6.45) is 0. The van der Waals surface area contributed by atoms with Crippen LogP contribution in [0.15, 0.2) is 46.9 Å². The Hall–Kier alpha value is -1.71. The number of alkyl halides is 2. The second kappa shape index (κ2) is 7.89. The third-order valence-corrected chi connectivity index (χ3v) is 5.01. The fraction of sp³-hybridized carbons (Fsp3) is 0.200. The summed E-state index contributed by atoms with van der Waals surface area (Å²) in [5.41, 5.74) is -4.16. The van der Waals surface area contributed by atoms with Crippen LogP contribution >= 0.6 is 23.5 Å². The summed E-state index contributed by atoms with van der Waals surface area (Å²) in [4.78, 5) is 27.8. The lowest BCUT2D eigenvalue weighted by atomic mass is 10.1. The van der Waals surface area contributed by atoms with E-state index in [-0.39, 0.29) is 23.4 Å². The van der Waals surface area contributed by atoms with Crippen LogP contribution in [0.3, 0.4) is 0 Å². The van der Waals surface area contributed by atoms with E-state index in [1.54, 1.807) is 6.07 Å². The first-order valence-electron chi connectivity index (χ1n) is 7.06. The Labute approximate surface area is 155 Å². The maximum absolute atomic E-state index is 13.8. The lowest BCUT2D eigenvalue weighted by Gasteiger charge is -2.19. The van der Waals surface area contributed by atoms with Crippen LogP contribution in [0.5, 0.6) is 0 Å². The number of ether oxygens (including phenoxy) is 1. The van der Waals surface area contributed by atoms with Gasteiger partial charge in [-0.05, 0) is 17.2 Å². The second-order valence-electron chi connectivity index (χ2n) is 5.32. The number of nitro benzene ring substituents is 1. The fourth-order valence-corrected chi connectivity index (χ4v) is 3.43. The highest BCUT2D eigenvalue weighted by molar-refractivity contribution is 9.10. The summed E-state index contributed by atoms with van der Waals surface area (Å²) in [6.45, 7) is 0.0861. The molecule has 0 saturated heterocycles. The minimum Gasteiger partial charge on any atom is -0.372 e. The Kier molecular flexibility index (Phi) is 6.25. The molecule has 26 heavy (non-hydrogen) atoms. The summed E-state index contributed by atoms with van der Waals surface area (Å²) in [5, 5.41) is 10.7. The molecule has 0 bridgehead atoms. The number of nitrogens with zero attached hydrogens (tertiary/aromatic N) is 1. The molecule has 0 aliphatic carbocycles. The van der Waals surface area contributed by atoms with Gasteiger partial charge in [-0.3, -0.25) is 14.7 Å². The summed E-state index contributed by atoms with van der Waals surface area (Å²) >= 11 is 2.88. The summed E-state index contributed by atoms with van der Waals surface area (Å²) in [6, 6.07) is 9.32. The largest absolute Gasteiger partial charge is 0.399 e. The quantitative estimate of drug-likeness (QED) is 0.368. The summed E-state index contributed by atoms with van der Waals surface area (Å²) in [5.74, 6) is 0. The molecule has 2 rings (SSSR count). The molecule has 140 valence electrons. The predicted octanol–water partition coefficient (Wildman–Crippen LogP) is 4.30. The van der Waals surface area contributed by atoms with Crippen molar-refractivity contribution in [2.45, 2.75) is 18.9 Å². The highest BCUT2D eigenvalue weighted by atomic mass is 79.9. The van der Waals surface area contributed by atoms with Crippen LogP contribution in [0.25, 0.3) is 0 Å². The van der Waals surface area contributed by atoms with Gasteiger partial charge in [-0.1, -0.05) is 40.2 Å². The van der Waals surface area contributed by atoms with Crippen molar-refractivity contribution in [1.82, 2.24) is 0 Å². The van der Waals surface area contributed by atoms with Crippen LogP contribution in [0.4, 0.5) is 14.5 Å². The van der Waals surface area contributed by atoms with Crippen molar-refractivity contribution in [3.05, 3.63) is 73.7 Å². The number of benzene rings is 2. The van der Waals surface area contributed by atoms with E-state index in [1.165, 1.54) is 30.3 Å². The molecule has 7 nitrogen and oxygen atoms in total. The van der Waals surface area contributed by atoms with Gasteiger partial charge in [0.1, 0.15) is 0 Å². The molecule has 0 unspecified atom stereocenters. The molecule has 0 spiro atoms. The molecule has 0 saturated carbocycles. The highest BCUT2D eigenvalue weighted by Crippen LogP contribution is 2.60. The lowest BCUT2D eigenvalue weighted by Crippen LogP contribution is -2.14. The van der Waals surface area contributed by atoms with Gasteiger partial charge in [0.05, 0.1) is 18.1 Å². The van der Waals surface area contributed by atoms with E-state index in [2.05, 4.69) is 15.9 Å². The molecule has 2 N–H and O–H groups in total. The smallest absolute Gasteiger partial charge is 0.372 e. The van der Waals surface area contributed by atoms with E-state index >= 15 is 0 Å². The lowest BCUT2D eigenvalue weighted by molar-refractivity contribution is -0.385. The topological polar surface area (TPSA) is 110 Å². The molecule has 0 aromatic heterocycles. The number of halogens is 3. The first-order valence-corrected chi connectivity index (χ1v) is 9.46. The van der Waals surface area contributed by atoms with E-state index in [4.69, 9.17) is 14.5 Å². The Balaban J connectivity index is 2.06. The molecule has 0 radical (unpaired) electrons. The van der Waals surface area contributed by atoms with E-state index < -0.39 is 23.7 Å². The minimum atomic E-state index is -5.66. The average molecular weight is 452 g/mol. The first-order chi connectivity index (χ1) is 12.0. The number of hydrogen-bond donors (Lipinski definition) is 2. The number of rotatable bonds is 7. The summed E-state index contributed by atoms with van der Waals surface area (Å²) < 4.78 is 43.7. The van der Waals surface area contributed by atoms with Gasteiger partial charge in [-0.2, -0.15) is 8.78 Å². The SMILES string of the molecule is O=[N+]([O-])c1cccc(COCc2ccc(C(F)(F)P(=O)(O)O)c(Br)c2)c1. The van der Waals surface area contributed by atoms with Gasteiger partial charge in [0, 0.05) is 22.2 Å². The maximum Gasteiger partial charge on any atom is 0.399 e. The van der Waals surface area contributed by atoms with Crippen LogP contribution in [-0.2, 0) is 28.2 Å². The predicted molar refractivity (Wildman–Crippen MR) is 91.7 cm³/mol. The normalized spacial score (nSPS) is 12.2. The Morgan fingerprint density at radius 1 is 1.15 bits per heavy atom. The third-order valence-electron chi connectivity index (χ3n) is 3.38. The van der Waals surface area contributed by atoms with Crippen molar-refractivity contribution >= 4 is 29.2 Å². The van der Waals surface area contributed by atoms with Crippen LogP contribution in [0, 0.1) is 10.1 Å². The number of nitro groups is 1. The molecule has 2 aromatic rings. The van der Waals surface area contributed by atoms with E-state index in [0.717, 1.165) is 6.07 Å². The maximum atomic E-state index is 13.8. The van der Waals surface area contributed by atoms with Gasteiger partial charge in [-0.25, -0.2) is 0 Å². The Morgan fingerprint density at radius 3 is 2.31 bits per heavy atom. The number of hydrogen-bond acceptors (Lipinski definition) is 4. The Bertz CT molecular complexity index is 873. The minimum absolute atomic E-state index is 0.0169. The molecule has 0 fully saturated rings. The van der Waals surface area contributed by atoms with E-state index in [9.17, 15) is 23.5 Å². The number of non-ortho nitro benzene ring substituents is 1. The standard InChI is InChI=1S/C15H13BrF2NO6P/c16-14-7-11(4-5-13(14)15(17,18)26(22,23)24)9-25-8-10-2-1-3-12(6-10)19(20)21/h1-7H,8-9H2,(H2,22,23,24).